The van der Waals surface area contributed by atoms with Crippen LogP contribution in [0.2, 0.25) is 8.67 Å². The average Bonchev–Trinajstić information content (AvgIpc) is 2.62. The zero-order valence-corrected chi connectivity index (χ0v) is 12.7. The fourth-order valence-electron chi connectivity index (χ4n) is 1.91. The molecule has 0 bridgehead atoms. The van der Waals surface area contributed by atoms with Crippen molar-refractivity contribution < 1.29 is 0 Å². The second-order valence-electron chi connectivity index (χ2n) is 4.44. The highest BCUT2D eigenvalue weighted by atomic mass is 35.5. The molecule has 0 aliphatic carbocycles. The minimum Gasteiger partial charge on any atom is -0.324 e. The van der Waals surface area contributed by atoms with Gasteiger partial charge in [0.15, 0.2) is 0 Å². The van der Waals surface area contributed by atoms with E-state index in [9.17, 15) is 0 Å². The van der Waals surface area contributed by atoms with Crippen LogP contribution in [0.5, 0.6) is 0 Å². The Morgan fingerprint density at radius 3 is 2.41 bits per heavy atom. The molecule has 1 rings (SSSR count). The molecule has 0 fully saturated rings. The van der Waals surface area contributed by atoms with Gasteiger partial charge in [0, 0.05) is 6.04 Å². The molecular weight excluding hydrogens is 273 g/mol. The van der Waals surface area contributed by atoms with Gasteiger partial charge in [-0.25, -0.2) is 0 Å². The maximum absolute atomic E-state index is 6.11. The molecule has 0 radical (unpaired) electrons. The van der Waals surface area contributed by atoms with E-state index < -0.39 is 0 Å². The van der Waals surface area contributed by atoms with E-state index in [0.29, 0.717) is 0 Å². The largest absolute Gasteiger partial charge is 0.324 e. The van der Waals surface area contributed by atoms with E-state index in [0.717, 1.165) is 20.7 Å². The van der Waals surface area contributed by atoms with Gasteiger partial charge >= 0.3 is 0 Å². The zero-order chi connectivity index (χ0) is 12.7. The first-order valence-electron chi connectivity index (χ1n) is 6.35. The van der Waals surface area contributed by atoms with E-state index in [-0.39, 0.29) is 6.04 Å². The van der Waals surface area contributed by atoms with Crippen LogP contribution in [-0.2, 0) is 0 Å². The van der Waals surface area contributed by atoms with E-state index in [4.69, 9.17) is 28.9 Å². The fourth-order valence-corrected chi connectivity index (χ4v) is 3.50. The Labute approximate surface area is 118 Å². The molecule has 0 saturated carbocycles. The summed E-state index contributed by atoms with van der Waals surface area (Å²) in [5, 5.41) is 0. The van der Waals surface area contributed by atoms with Crippen LogP contribution in [0.15, 0.2) is 6.07 Å². The number of hydrogen-bond acceptors (Lipinski definition) is 2. The summed E-state index contributed by atoms with van der Waals surface area (Å²) in [6.07, 6.45) is 8.74. The molecule has 0 saturated heterocycles. The molecule has 1 aromatic heterocycles. The van der Waals surface area contributed by atoms with Crippen LogP contribution in [0.25, 0.3) is 0 Å². The Bertz CT molecular complexity index is 325. The third-order valence-electron chi connectivity index (χ3n) is 2.95. The summed E-state index contributed by atoms with van der Waals surface area (Å²) in [4.78, 5) is 0. The Morgan fingerprint density at radius 2 is 1.82 bits per heavy atom. The molecule has 0 aliphatic heterocycles. The van der Waals surface area contributed by atoms with Gasteiger partial charge in [-0.2, -0.15) is 0 Å². The van der Waals surface area contributed by atoms with Crippen molar-refractivity contribution in [2.75, 3.05) is 0 Å². The van der Waals surface area contributed by atoms with Gasteiger partial charge in [-0.05, 0) is 18.1 Å². The first kappa shape index (κ1) is 15.3. The number of thiophene rings is 1. The summed E-state index contributed by atoms with van der Waals surface area (Å²) < 4.78 is 1.47. The lowest BCUT2D eigenvalue weighted by atomic mass is 10.0. The molecule has 0 amide bonds. The molecule has 1 unspecified atom stereocenters. The molecule has 0 spiro atoms. The topological polar surface area (TPSA) is 26.0 Å². The molecule has 1 nitrogen and oxygen atoms in total. The summed E-state index contributed by atoms with van der Waals surface area (Å²) in [5.41, 5.74) is 7.12. The third kappa shape index (κ3) is 5.60. The van der Waals surface area contributed by atoms with Gasteiger partial charge in [0.1, 0.15) is 0 Å². The van der Waals surface area contributed by atoms with Crippen LogP contribution in [0, 0.1) is 0 Å². The molecule has 1 heterocycles. The Morgan fingerprint density at radius 1 is 1.18 bits per heavy atom. The lowest BCUT2D eigenvalue weighted by Crippen LogP contribution is -2.09. The summed E-state index contributed by atoms with van der Waals surface area (Å²) in [5.74, 6) is 0. The molecular formula is C13H21Cl2NS. The van der Waals surface area contributed by atoms with Gasteiger partial charge in [0.2, 0.25) is 0 Å². The normalized spacial score (nSPS) is 12.9. The van der Waals surface area contributed by atoms with Gasteiger partial charge < -0.3 is 5.73 Å². The number of rotatable bonds is 8. The Balaban J connectivity index is 2.21. The summed E-state index contributed by atoms with van der Waals surface area (Å²) in [6, 6.07) is 1.94. The standard InChI is InChI=1S/C13H21Cl2NS/c1-2-3-4-5-6-7-8-11(16)10-9-12(14)17-13(10)15/h9,11H,2-8,16H2,1H3. The Kier molecular flexibility index (Phi) is 7.52. The average molecular weight is 294 g/mol. The predicted octanol–water partition coefficient (Wildman–Crippen LogP) is 5.81. The van der Waals surface area contributed by atoms with Gasteiger partial charge in [-0.1, -0.05) is 68.7 Å². The molecule has 17 heavy (non-hydrogen) atoms. The minimum atomic E-state index is 0.0393. The summed E-state index contributed by atoms with van der Waals surface area (Å²) >= 11 is 13.4. The zero-order valence-electron chi connectivity index (χ0n) is 10.3. The SMILES string of the molecule is CCCCCCCCC(N)c1cc(Cl)sc1Cl. The minimum absolute atomic E-state index is 0.0393. The van der Waals surface area contributed by atoms with Crippen molar-refractivity contribution in [2.45, 2.75) is 57.9 Å². The van der Waals surface area contributed by atoms with E-state index >= 15 is 0 Å². The summed E-state index contributed by atoms with van der Waals surface area (Å²) in [6.45, 7) is 2.23. The van der Waals surface area contributed by atoms with Crippen molar-refractivity contribution in [1.29, 1.82) is 0 Å². The van der Waals surface area contributed by atoms with Gasteiger partial charge in [-0.3, -0.25) is 0 Å². The second kappa shape index (κ2) is 8.36. The van der Waals surface area contributed by atoms with E-state index in [2.05, 4.69) is 6.92 Å². The first-order valence-corrected chi connectivity index (χ1v) is 7.92. The fraction of sp³-hybridized carbons (Fsp3) is 0.692. The van der Waals surface area contributed by atoms with Crippen LogP contribution in [0.4, 0.5) is 0 Å². The van der Waals surface area contributed by atoms with Crippen LogP contribution in [-0.4, -0.2) is 0 Å². The molecule has 1 atom stereocenters. The number of halogens is 2. The van der Waals surface area contributed by atoms with Gasteiger partial charge in [-0.15, -0.1) is 11.3 Å². The van der Waals surface area contributed by atoms with Crippen molar-refractivity contribution in [1.82, 2.24) is 0 Å². The highest BCUT2D eigenvalue weighted by molar-refractivity contribution is 7.20. The lowest BCUT2D eigenvalue weighted by molar-refractivity contribution is 0.548. The number of hydrogen-bond donors (Lipinski definition) is 1. The monoisotopic (exact) mass is 293 g/mol. The molecule has 2 N–H and O–H groups in total. The van der Waals surface area contributed by atoms with Crippen LogP contribution in [0.1, 0.15) is 63.5 Å². The van der Waals surface area contributed by atoms with Crippen molar-refractivity contribution in [2.24, 2.45) is 5.73 Å². The highest BCUT2D eigenvalue weighted by Crippen LogP contribution is 2.35. The third-order valence-corrected chi connectivity index (χ3v) is 4.47. The van der Waals surface area contributed by atoms with Crippen LogP contribution in [0.3, 0.4) is 0 Å². The molecule has 0 aliphatic rings. The Hall–Kier alpha value is 0.240. The quantitative estimate of drug-likeness (QED) is 0.602. The first-order chi connectivity index (χ1) is 8.15. The maximum Gasteiger partial charge on any atom is 0.0991 e. The lowest BCUT2D eigenvalue weighted by Gasteiger charge is -2.10. The maximum atomic E-state index is 6.11. The molecule has 98 valence electrons. The van der Waals surface area contributed by atoms with Crippen LogP contribution < -0.4 is 5.73 Å². The van der Waals surface area contributed by atoms with Gasteiger partial charge in [0.25, 0.3) is 0 Å². The predicted molar refractivity (Wildman–Crippen MR) is 79.3 cm³/mol. The smallest absolute Gasteiger partial charge is 0.0991 e. The van der Waals surface area contributed by atoms with E-state index in [1.165, 1.54) is 49.9 Å². The summed E-state index contributed by atoms with van der Waals surface area (Å²) in [7, 11) is 0. The van der Waals surface area contributed by atoms with E-state index in [1.54, 1.807) is 0 Å². The number of unbranched alkanes of at least 4 members (excludes halogenated alkanes) is 5. The van der Waals surface area contributed by atoms with Crippen LogP contribution >= 0.6 is 34.5 Å². The van der Waals surface area contributed by atoms with Crippen molar-refractivity contribution in [3.05, 3.63) is 20.3 Å². The van der Waals surface area contributed by atoms with Gasteiger partial charge in [0.05, 0.1) is 8.67 Å². The second-order valence-corrected chi connectivity index (χ2v) is 6.73. The van der Waals surface area contributed by atoms with Crippen molar-refractivity contribution >= 4 is 34.5 Å². The molecule has 1 aromatic rings. The van der Waals surface area contributed by atoms with Crippen molar-refractivity contribution in [3.8, 4) is 0 Å². The van der Waals surface area contributed by atoms with Crippen molar-refractivity contribution in [3.63, 3.8) is 0 Å². The molecule has 4 heteroatoms. The number of nitrogens with two attached hydrogens (primary N) is 1. The molecule has 0 aromatic carbocycles. The highest BCUT2D eigenvalue weighted by Gasteiger charge is 2.13. The van der Waals surface area contributed by atoms with E-state index in [1.807, 2.05) is 6.07 Å².